The van der Waals surface area contributed by atoms with E-state index in [0.717, 1.165) is 32.0 Å². The van der Waals surface area contributed by atoms with Gasteiger partial charge in [-0.15, -0.1) is 0 Å². The minimum Gasteiger partial charge on any atom is -0.486 e. The Morgan fingerprint density at radius 2 is 1.81 bits per heavy atom. The summed E-state index contributed by atoms with van der Waals surface area (Å²) in [5.74, 6) is -4.22. The summed E-state index contributed by atoms with van der Waals surface area (Å²) in [5.41, 5.74) is -0.982. The molecule has 27 heavy (non-hydrogen) atoms. The Bertz CT molecular complexity index is 834. The quantitative estimate of drug-likeness (QED) is 0.723. The number of rotatable bonds is 7. The van der Waals surface area contributed by atoms with Crippen LogP contribution in [0.5, 0.6) is 5.75 Å². The van der Waals surface area contributed by atoms with Crippen molar-refractivity contribution in [3.05, 3.63) is 29.1 Å². The molecule has 0 bridgehead atoms. The van der Waals surface area contributed by atoms with Gasteiger partial charge in [0.1, 0.15) is 0 Å². The molecule has 2 rings (SSSR count). The van der Waals surface area contributed by atoms with Gasteiger partial charge in [0.25, 0.3) is 5.91 Å². The number of hydrogen-bond donors (Lipinski definition) is 2. The van der Waals surface area contributed by atoms with Crippen LogP contribution in [0.15, 0.2) is 12.1 Å². The van der Waals surface area contributed by atoms with Gasteiger partial charge >= 0.3 is 16.2 Å². The molecule has 1 aromatic rings. The molecular formula is C17H23FN2O6S. The van der Waals surface area contributed by atoms with Crippen molar-refractivity contribution in [2.45, 2.75) is 51.7 Å². The van der Waals surface area contributed by atoms with Gasteiger partial charge in [0.2, 0.25) is 0 Å². The molecule has 1 fully saturated rings. The van der Waals surface area contributed by atoms with Crippen molar-refractivity contribution in [1.29, 1.82) is 0 Å². The molecule has 0 radical (unpaired) electrons. The van der Waals surface area contributed by atoms with E-state index in [2.05, 4.69) is 4.72 Å². The standard InChI is InChI=1S/C17H23FN2O6S/c1-10(2)20(27(24,25)19-3)16(21)13-9-8-12(17(22)23)14(18)15(13)26-11-6-4-5-7-11/h8-11,19H,4-7H2,1-3H3,(H,22,23). The first-order valence-corrected chi connectivity index (χ1v) is 10.0. The average Bonchev–Trinajstić information content (AvgIpc) is 3.08. The number of carbonyl (C=O) groups is 2. The summed E-state index contributed by atoms with van der Waals surface area (Å²) < 4.78 is 47.5. The van der Waals surface area contributed by atoms with Gasteiger partial charge in [-0.25, -0.2) is 18.2 Å². The van der Waals surface area contributed by atoms with Crippen LogP contribution in [0.1, 0.15) is 60.2 Å². The number of carboxylic acid groups (broad SMARTS) is 1. The highest BCUT2D eigenvalue weighted by atomic mass is 32.2. The lowest BCUT2D eigenvalue weighted by atomic mass is 10.1. The molecule has 0 spiro atoms. The zero-order valence-corrected chi connectivity index (χ0v) is 16.2. The summed E-state index contributed by atoms with van der Waals surface area (Å²) in [6.45, 7) is 2.98. The van der Waals surface area contributed by atoms with Gasteiger partial charge < -0.3 is 9.84 Å². The minimum absolute atomic E-state index is 0.336. The number of hydrogen-bond acceptors (Lipinski definition) is 5. The number of nitrogens with zero attached hydrogens (tertiary/aromatic N) is 1. The Hall–Kier alpha value is -2.20. The lowest BCUT2D eigenvalue weighted by Crippen LogP contribution is -2.47. The van der Waals surface area contributed by atoms with Gasteiger partial charge in [-0.05, 0) is 51.7 Å². The topological polar surface area (TPSA) is 113 Å². The highest BCUT2D eigenvalue weighted by Gasteiger charge is 2.34. The summed E-state index contributed by atoms with van der Waals surface area (Å²) in [4.78, 5) is 24.2. The van der Waals surface area contributed by atoms with Crippen LogP contribution in [0, 0.1) is 5.82 Å². The molecule has 0 unspecified atom stereocenters. The van der Waals surface area contributed by atoms with E-state index in [0.29, 0.717) is 17.1 Å². The number of nitrogens with one attached hydrogen (secondary N) is 1. The van der Waals surface area contributed by atoms with E-state index >= 15 is 0 Å². The fraction of sp³-hybridized carbons (Fsp3) is 0.529. The van der Waals surface area contributed by atoms with Crippen LogP contribution in [0.3, 0.4) is 0 Å². The van der Waals surface area contributed by atoms with Gasteiger partial charge in [-0.1, -0.05) is 0 Å². The van der Waals surface area contributed by atoms with Gasteiger partial charge in [0.15, 0.2) is 11.6 Å². The highest BCUT2D eigenvalue weighted by Crippen LogP contribution is 2.32. The van der Waals surface area contributed by atoms with E-state index in [1.165, 1.54) is 13.8 Å². The van der Waals surface area contributed by atoms with Crippen molar-refractivity contribution in [2.24, 2.45) is 0 Å². The van der Waals surface area contributed by atoms with E-state index in [-0.39, 0.29) is 11.7 Å². The predicted octanol–water partition coefficient (Wildman–Crippen LogP) is 2.16. The van der Waals surface area contributed by atoms with E-state index in [1.54, 1.807) is 0 Å². The maximum Gasteiger partial charge on any atom is 0.338 e. The second kappa shape index (κ2) is 8.22. The minimum atomic E-state index is -4.15. The second-order valence-electron chi connectivity index (χ2n) is 6.54. The molecule has 1 aliphatic carbocycles. The molecule has 1 aliphatic rings. The first-order chi connectivity index (χ1) is 12.6. The maximum atomic E-state index is 14.8. The van der Waals surface area contributed by atoms with Gasteiger partial charge in [0, 0.05) is 13.1 Å². The van der Waals surface area contributed by atoms with Crippen molar-refractivity contribution < 1.29 is 32.2 Å². The Morgan fingerprint density at radius 3 is 2.30 bits per heavy atom. The van der Waals surface area contributed by atoms with Crippen molar-refractivity contribution in [1.82, 2.24) is 9.03 Å². The number of amides is 1. The fourth-order valence-corrected chi connectivity index (χ4v) is 4.08. The smallest absolute Gasteiger partial charge is 0.338 e. The van der Waals surface area contributed by atoms with E-state index in [4.69, 9.17) is 9.84 Å². The summed E-state index contributed by atoms with van der Waals surface area (Å²) in [6.07, 6.45) is 2.68. The molecule has 0 aliphatic heterocycles. The number of benzene rings is 1. The van der Waals surface area contributed by atoms with Crippen LogP contribution in [0.4, 0.5) is 4.39 Å². The van der Waals surface area contributed by atoms with Crippen LogP contribution in [0.25, 0.3) is 0 Å². The number of carbonyl (C=O) groups excluding carboxylic acids is 1. The van der Waals surface area contributed by atoms with E-state index in [9.17, 15) is 22.4 Å². The van der Waals surface area contributed by atoms with Crippen LogP contribution < -0.4 is 9.46 Å². The summed E-state index contributed by atoms with van der Waals surface area (Å²) in [5, 5.41) is 9.15. The van der Waals surface area contributed by atoms with E-state index < -0.39 is 45.3 Å². The molecular weight excluding hydrogens is 379 g/mol. The number of aromatic carboxylic acids is 1. The lowest BCUT2D eigenvalue weighted by molar-refractivity contribution is 0.0687. The molecule has 150 valence electrons. The monoisotopic (exact) mass is 402 g/mol. The van der Waals surface area contributed by atoms with Gasteiger partial charge in [-0.3, -0.25) is 4.79 Å². The van der Waals surface area contributed by atoms with Crippen LogP contribution in [-0.2, 0) is 10.2 Å². The van der Waals surface area contributed by atoms with Gasteiger partial charge in [0.05, 0.1) is 17.2 Å². The fourth-order valence-electron chi connectivity index (χ4n) is 3.02. The Labute approximate surface area is 157 Å². The molecule has 1 aromatic carbocycles. The Morgan fingerprint density at radius 1 is 1.26 bits per heavy atom. The lowest BCUT2D eigenvalue weighted by Gasteiger charge is -2.27. The molecule has 1 saturated carbocycles. The molecule has 0 heterocycles. The maximum absolute atomic E-state index is 14.8. The molecule has 0 atom stereocenters. The zero-order chi connectivity index (χ0) is 20.4. The second-order valence-corrected chi connectivity index (χ2v) is 8.29. The normalized spacial score (nSPS) is 15.1. The van der Waals surface area contributed by atoms with Crippen molar-refractivity contribution in [3.63, 3.8) is 0 Å². The molecule has 0 saturated heterocycles. The number of carboxylic acids is 1. The van der Waals surface area contributed by atoms with Crippen LogP contribution >= 0.6 is 0 Å². The largest absolute Gasteiger partial charge is 0.486 e. The zero-order valence-electron chi connectivity index (χ0n) is 15.4. The highest BCUT2D eigenvalue weighted by molar-refractivity contribution is 7.87. The predicted molar refractivity (Wildman–Crippen MR) is 95.5 cm³/mol. The summed E-state index contributed by atoms with van der Waals surface area (Å²) >= 11 is 0. The SMILES string of the molecule is CNS(=O)(=O)N(C(=O)c1ccc(C(=O)O)c(F)c1OC1CCCC1)C(C)C. The first kappa shape index (κ1) is 21.1. The summed E-state index contributed by atoms with van der Waals surface area (Å²) in [7, 11) is -3.00. The number of halogens is 1. The van der Waals surface area contributed by atoms with Crippen molar-refractivity contribution in [3.8, 4) is 5.75 Å². The molecule has 10 heteroatoms. The third-order valence-corrected chi connectivity index (χ3v) is 5.95. The van der Waals surface area contributed by atoms with Crippen LogP contribution in [-0.4, -0.2) is 48.9 Å². The third-order valence-electron chi connectivity index (χ3n) is 4.33. The Balaban J connectivity index is 2.58. The molecule has 0 aromatic heterocycles. The molecule has 8 nitrogen and oxygen atoms in total. The van der Waals surface area contributed by atoms with Crippen LogP contribution in [0.2, 0.25) is 0 Å². The summed E-state index contributed by atoms with van der Waals surface area (Å²) in [6, 6.07) is 1.26. The Kier molecular flexibility index (Phi) is 6.42. The van der Waals surface area contributed by atoms with Crippen molar-refractivity contribution >= 4 is 22.1 Å². The molecule has 2 N–H and O–H groups in total. The third kappa shape index (κ3) is 4.38. The van der Waals surface area contributed by atoms with Gasteiger partial charge in [-0.2, -0.15) is 8.42 Å². The van der Waals surface area contributed by atoms with E-state index in [1.807, 2.05) is 0 Å². The molecule has 1 amide bonds. The average molecular weight is 402 g/mol. The number of ether oxygens (including phenoxy) is 1. The van der Waals surface area contributed by atoms with Crippen molar-refractivity contribution in [2.75, 3.05) is 7.05 Å². The first-order valence-electron chi connectivity index (χ1n) is 8.59.